The lowest BCUT2D eigenvalue weighted by Crippen LogP contribution is -2.15. The van der Waals surface area contributed by atoms with E-state index in [4.69, 9.17) is 16.3 Å². The van der Waals surface area contributed by atoms with Gasteiger partial charge in [0.25, 0.3) is 5.91 Å². The van der Waals surface area contributed by atoms with Gasteiger partial charge in [-0.25, -0.2) is 0 Å². The van der Waals surface area contributed by atoms with Crippen LogP contribution in [0, 0.1) is 0 Å². The molecule has 4 nitrogen and oxygen atoms in total. The van der Waals surface area contributed by atoms with E-state index in [0.29, 0.717) is 28.8 Å². The molecular weight excluding hydrogens is 356 g/mol. The summed E-state index contributed by atoms with van der Waals surface area (Å²) in [5.41, 5.74) is 1.19. The van der Waals surface area contributed by atoms with Crippen LogP contribution in [-0.2, 0) is 7.05 Å². The van der Waals surface area contributed by atoms with Gasteiger partial charge >= 0.3 is 0 Å². The largest absolute Gasteiger partial charge is 0.492 e. The van der Waals surface area contributed by atoms with Crippen LogP contribution < -0.4 is 10.1 Å². The fourth-order valence-corrected chi connectivity index (χ4v) is 2.61. The van der Waals surface area contributed by atoms with Gasteiger partial charge in [0, 0.05) is 23.4 Å². The Labute approximate surface area is 137 Å². The molecule has 1 aromatic heterocycles. The number of amides is 1. The Kier molecular flexibility index (Phi) is 5.31. The number of hydrogen-bond donors (Lipinski definition) is 1. The van der Waals surface area contributed by atoms with Crippen LogP contribution in [0.5, 0.6) is 5.75 Å². The number of ether oxygens (including phenoxy) is 1. The molecule has 0 aliphatic rings. The predicted octanol–water partition coefficient (Wildman–Crippen LogP) is 4.48. The fourth-order valence-electron chi connectivity index (χ4n) is 1.85. The Bertz CT molecular complexity index is 655. The third-order valence-corrected chi connectivity index (χ3v) is 3.58. The first-order valence-corrected chi connectivity index (χ1v) is 7.74. The SMILES string of the molecule is CCCOc1ccc(NC(=O)c2cc(Br)cn2C)cc1Cl. The lowest BCUT2D eigenvalue weighted by Gasteiger charge is -2.10. The molecule has 112 valence electrons. The standard InChI is InChI=1S/C15H16BrClN2O2/c1-3-6-21-14-5-4-11(8-12(14)17)18-15(20)13-7-10(16)9-19(13)2/h4-5,7-9H,3,6H2,1-2H3,(H,18,20). The topological polar surface area (TPSA) is 43.3 Å². The number of carbonyl (C=O) groups is 1. The molecule has 0 saturated carbocycles. The van der Waals surface area contributed by atoms with Crippen molar-refractivity contribution >= 4 is 39.1 Å². The molecule has 0 aliphatic carbocycles. The second-order valence-electron chi connectivity index (χ2n) is 4.60. The zero-order valence-corrected chi connectivity index (χ0v) is 14.2. The van der Waals surface area contributed by atoms with E-state index in [-0.39, 0.29) is 5.91 Å². The van der Waals surface area contributed by atoms with Gasteiger partial charge in [0.15, 0.2) is 0 Å². The van der Waals surface area contributed by atoms with Crippen LogP contribution >= 0.6 is 27.5 Å². The summed E-state index contributed by atoms with van der Waals surface area (Å²) in [7, 11) is 1.81. The molecule has 0 atom stereocenters. The molecule has 2 aromatic rings. The van der Waals surface area contributed by atoms with Crippen molar-refractivity contribution in [1.82, 2.24) is 4.57 Å². The molecule has 1 aromatic carbocycles. The summed E-state index contributed by atoms with van der Waals surface area (Å²) >= 11 is 9.48. The summed E-state index contributed by atoms with van der Waals surface area (Å²) in [4.78, 5) is 12.2. The number of halogens is 2. The third kappa shape index (κ3) is 4.02. The van der Waals surface area contributed by atoms with Crippen molar-refractivity contribution in [2.24, 2.45) is 7.05 Å². The molecule has 6 heteroatoms. The van der Waals surface area contributed by atoms with Crippen molar-refractivity contribution in [1.29, 1.82) is 0 Å². The number of aryl methyl sites for hydroxylation is 1. The summed E-state index contributed by atoms with van der Waals surface area (Å²) in [6.45, 7) is 2.64. The van der Waals surface area contributed by atoms with Crippen molar-refractivity contribution in [3.05, 3.63) is 45.7 Å². The van der Waals surface area contributed by atoms with Gasteiger partial charge in [-0.15, -0.1) is 0 Å². The Morgan fingerprint density at radius 2 is 2.19 bits per heavy atom. The fraction of sp³-hybridized carbons (Fsp3) is 0.267. The molecule has 0 radical (unpaired) electrons. The van der Waals surface area contributed by atoms with E-state index >= 15 is 0 Å². The first-order chi connectivity index (χ1) is 10.0. The summed E-state index contributed by atoms with van der Waals surface area (Å²) in [6, 6.07) is 6.97. The van der Waals surface area contributed by atoms with Gasteiger partial charge in [-0.1, -0.05) is 18.5 Å². The number of rotatable bonds is 5. The zero-order valence-electron chi connectivity index (χ0n) is 11.8. The van der Waals surface area contributed by atoms with Crippen LogP contribution in [0.2, 0.25) is 5.02 Å². The van der Waals surface area contributed by atoms with Gasteiger partial charge in [0.05, 0.1) is 11.6 Å². The van der Waals surface area contributed by atoms with Crippen LogP contribution in [0.3, 0.4) is 0 Å². The maximum Gasteiger partial charge on any atom is 0.272 e. The quantitative estimate of drug-likeness (QED) is 0.842. The summed E-state index contributed by atoms with van der Waals surface area (Å²) < 4.78 is 8.11. The molecule has 21 heavy (non-hydrogen) atoms. The second kappa shape index (κ2) is 7.00. The minimum Gasteiger partial charge on any atom is -0.492 e. The van der Waals surface area contributed by atoms with Gasteiger partial charge in [-0.3, -0.25) is 4.79 Å². The lowest BCUT2D eigenvalue weighted by atomic mass is 10.3. The number of nitrogens with one attached hydrogen (secondary N) is 1. The second-order valence-corrected chi connectivity index (χ2v) is 5.93. The van der Waals surface area contributed by atoms with Crippen molar-refractivity contribution in [2.75, 3.05) is 11.9 Å². The number of benzene rings is 1. The van der Waals surface area contributed by atoms with Gasteiger partial charge in [-0.2, -0.15) is 0 Å². The van der Waals surface area contributed by atoms with E-state index in [0.717, 1.165) is 10.9 Å². The molecular formula is C15H16BrClN2O2. The molecule has 0 fully saturated rings. The predicted molar refractivity (Wildman–Crippen MR) is 88.3 cm³/mol. The highest BCUT2D eigenvalue weighted by Crippen LogP contribution is 2.28. The van der Waals surface area contributed by atoms with E-state index in [1.165, 1.54) is 0 Å². The third-order valence-electron chi connectivity index (χ3n) is 2.86. The average Bonchev–Trinajstić information content (AvgIpc) is 2.77. The highest BCUT2D eigenvalue weighted by atomic mass is 79.9. The summed E-state index contributed by atoms with van der Waals surface area (Å²) in [5, 5.41) is 3.30. The van der Waals surface area contributed by atoms with E-state index in [1.54, 1.807) is 28.8 Å². The van der Waals surface area contributed by atoms with Crippen molar-refractivity contribution in [2.45, 2.75) is 13.3 Å². The van der Waals surface area contributed by atoms with Crippen LogP contribution in [0.4, 0.5) is 5.69 Å². The van der Waals surface area contributed by atoms with Crippen LogP contribution in [-0.4, -0.2) is 17.1 Å². The number of anilines is 1. The van der Waals surface area contributed by atoms with E-state index in [2.05, 4.69) is 21.2 Å². The first kappa shape index (κ1) is 15.9. The normalized spacial score (nSPS) is 10.5. The highest BCUT2D eigenvalue weighted by molar-refractivity contribution is 9.10. The molecule has 0 bridgehead atoms. The van der Waals surface area contributed by atoms with E-state index < -0.39 is 0 Å². The van der Waals surface area contributed by atoms with Crippen molar-refractivity contribution in [3.63, 3.8) is 0 Å². The van der Waals surface area contributed by atoms with Crippen molar-refractivity contribution < 1.29 is 9.53 Å². The Morgan fingerprint density at radius 1 is 1.43 bits per heavy atom. The molecule has 0 unspecified atom stereocenters. The minimum atomic E-state index is -0.193. The Balaban J connectivity index is 2.11. The molecule has 1 amide bonds. The number of nitrogens with zero attached hydrogens (tertiary/aromatic N) is 1. The number of carbonyl (C=O) groups excluding carboxylic acids is 1. The molecule has 1 N–H and O–H groups in total. The van der Waals surface area contributed by atoms with Crippen molar-refractivity contribution in [3.8, 4) is 5.75 Å². The van der Waals surface area contributed by atoms with Gasteiger partial charge < -0.3 is 14.6 Å². The summed E-state index contributed by atoms with van der Waals surface area (Å²) in [5.74, 6) is 0.430. The maximum absolute atomic E-state index is 12.2. The first-order valence-electron chi connectivity index (χ1n) is 6.57. The Morgan fingerprint density at radius 3 is 2.76 bits per heavy atom. The minimum absolute atomic E-state index is 0.193. The highest BCUT2D eigenvalue weighted by Gasteiger charge is 2.12. The van der Waals surface area contributed by atoms with E-state index in [9.17, 15) is 4.79 Å². The zero-order chi connectivity index (χ0) is 15.4. The maximum atomic E-state index is 12.2. The molecule has 0 saturated heterocycles. The number of aromatic nitrogens is 1. The van der Waals surface area contributed by atoms with E-state index in [1.807, 2.05) is 20.2 Å². The molecule has 2 rings (SSSR count). The number of hydrogen-bond acceptors (Lipinski definition) is 2. The van der Waals surface area contributed by atoms with Crippen LogP contribution in [0.25, 0.3) is 0 Å². The van der Waals surface area contributed by atoms with Gasteiger partial charge in [0.2, 0.25) is 0 Å². The smallest absolute Gasteiger partial charge is 0.272 e. The molecule has 0 aliphatic heterocycles. The summed E-state index contributed by atoms with van der Waals surface area (Å²) in [6.07, 6.45) is 2.74. The average molecular weight is 372 g/mol. The lowest BCUT2D eigenvalue weighted by molar-refractivity contribution is 0.101. The molecule has 0 spiro atoms. The van der Waals surface area contributed by atoms with Crippen LogP contribution in [0.1, 0.15) is 23.8 Å². The monoisotopic (exact) mass is 370 g/mol. The molecule has 1 heterocycles. The van der Waals surface area contributed by atoms with Gasteiger partial charge in [-0.05, 0) is 46.6 Å². The van der Waals surface area contributed by atoms with Gasteiger partial charge in [0.1, 0.15) is 11.4 Å². The Hall–Kier alpha value is -1.46. The van der Waals surface area contributed by atoms with Crippen LogP contribution in [0.15, 0.2) is 34.9 Å².